The molecule has 0 fully saturated rings. The fourth-order valence-corrected chi connectivity index (χ4v) is 1.38. The third-order valence-electron chi connectivity index (χ3n) is 2.00. The van der Waals surface area contributed by atoms with Crippen molar-refractivity contribution in [2.24, 2.45) is 0 Å². The van der Waals surface area contributed by atoms with E-state index in [-0.39, 0.29) is 18.4 Å². The molecular weight excluding hydrogens is 194 g/mol. The van der Waals surface area contributed by atoms with Crippen molar-refractivity contribution in [2.45, 2.75) is 52.9 Å². The van der Waals surface area contributed by atoms with E-state index >= 15 is 0 Å². The normalized spacial score (nSPS) is 12.7. The third kappa shape index (κ3) is 5.02. The molecule has 4 nitrogen and oxygen atoms in total. The van der Waals surface area contributed by atoms with Gasteiger partial charge in [0.25, 0.3) is 0 Å². The van der Waals surface area contributed by atoms with Crippen molar-refractivity contribution in [3.63, 3.8) is 0 Å². The largest absolute Gasteiger partial charge is 0.447 e. The molecular formula is C11H23NO3. The smallest absolute Gasteiger partial charge is 0.412 e. The molecule has 0 aromatic carbocycles. The molecule has 0 aliphatic carbocycles. The van der Waals surface area contributed by atoms with E-state index in [0.29, 0.717) is 6.54 Å². The molecule has 1 atom stereocenters. The second-order valence-electron chi connectivity index (χ2n) is 3.72. The van der Waals surface area contributed by atoms with Gasteiger partial charge in [-0.1, -0.05) is 13.8 Å². The Morgan fingerprint density at radius 3 is 2.27 bits per heavy atom. The average Bonchev–Trinajstić information content (AvgIpc) is 2.17. The van der Waals surface area contributed by atoms with E-state index < -0.39 is 0 Å². The van der Waals surface area contributed by atoms with Gasteiger partial charge >= 0.3 is 6.09 Å². The molecule has 0 aromatic rings. The van der Waals surface area contributed by atoms with Gasteiger partial charge in [-0.25, -0.2) is 4.79 Å². The van der Waals surface area contributed by atoms with Crippen LogP contribution in [0, 0.1) is 0 Å². The molecule has 0 N–H and O–H groups in total. The highest BCUT2D eigenvalue weighted by molar-refractivity contribution is 5.68. The van der Waals surface area contributed by atoms with Crippen molar-refractivity contribution < 1.29 is 14.3 Å². The zero-order valence-electron chi connectivity index (χ0n) is 10.4. The lowest BCUT2D eigenvalue weighted by molar-refractivity contribution is -0.0367. The zero-order chi connectivity index (χ0) is 11.8. The first-order valence-corrected chi connectivity index (χ1v) is 5.56. The molecule has 0 saturated heterocycles. The van der Waals surface area contributed by atoms with E-state index in [9.17, 15) is 4.79 Å². The number of hydrogen-bond acceptors (Lipinski definition) is 3. The van der Waals surface area contributed by atoms with Gasteiger partial charge in [0.05, 0.1) is 6.10 Å². The quantitative estimate of drug-likeness (QED) is 0.642. The lowest BCUT2D eigenvalue weighted by atomic mass is 10.3. The summed E-state index contributed by atoms with van der Waals surface area (Å²) in [7, 11) is 1.61. The number of ether oxygens (including phenoxy) is 2. The maximum atomic E-state index is 11.7. The molecule has 0 heterocycles. The van der Waals surface area contributed by atoms with Crippen LogP contribution < -0.4 is 0 Å². The van der Waals surface area contributed by atoms with Gasteiger partial charge in [-0.3, -0.25) is 4.90 Å². The summed E-state index contributed by atoms with van der Waals surface area (Å²) >= 11 is 0. The predicted octanol–water partition coefficient (Wildman–Crippen LogP) is 2.63. The molecule has 0 rings (SSSR count). The van der Waals surface area contributed by atoms with Crippen LogP contribution in [0.1, 0.15) is 40.5 Å². The van der Waals surface area contributed by atoms with Gasteiger partial charge in [0.15, 0.2) is 0 Å². The van der Waals surface area contributed by atoms with Crippen LogP contribution in [0.15, 0.2) is 0 Å². The first kappa shape index (κ1) is 14.2. The molecule has 1 amide bonds. The minimum atomic E-state index is -0.291. The molecule has 0 aromatic heterocycles. The predicted molar refractivity (Wildman–Crippen MR) is 59.7 cm³/mol. The Hall–Kier alpha value is -0.770. The minimum Gasteiger partial charge on any atom is -0.447 e. The van der Waals surface area contributed by atoms with E-state index in [2.05, 4.69) is 0 Å². The first-order chi connectivity index (χ1) is 7.06. The van der Waals surface area contributed by atoms with Gasteiger partial charge in [-0.15, -0.1) is 0 Å². The summed E-state index contributed by atoms with van der Waals surface area (Å²) in [6.45, 7) is 8.36. The van der Waals surface area contributed by atoms with Gasteiger partial charge in [-0.2, -0.15) is 0 Å². The topological polar surface area (TPSA) is 38.8 Å². The summed E-state index contributed by atoms with van der Waals surface area (Å²) in [5, 5.41) is 0. The summed E-state index contributed by atoms with van der Waals surface area (Å²) in [6.07, 6.45) is 1.10. The maximum absolute atomic E-state index is 11.7. The van der Waals surface area contributed by atoms with Crippen LogP contribution in [0.5, 0.6) is 0 Å². The van der Waals surface area contributed by atoms with Gasteiger partial charge in [0, 0.05) is 13.7 Å². The van der Waals surface area contributed by atoms with Crippen LogP contribution in [-0.4, -0.2) is 37.0 Å². The van der Waals surface area contributed by atoms with Crippen molar-refractivity contribution in [1.82, 2.24) is 4.90 Å². The Kier molecular flexibility index (Phi) is 7.13. The number of hydrogen-bond donors (Lipinski definition) is 0. The van der Waals surface area contributed by atoms with Gasteiger partial charge in [-0.05, 0) is 26.7 Å². The number of carbonyl (C=O) groups is 1. The molecule has 0 aliphatic rings. The Morgan fingerprint density at radius 1 is 1.33 bits per heavy atom. The summed E-state index contributed by atoms with van der Waals surface area (Å²) < 4.78 is 10.4. The van der Waals surface area contributed by atoms with Crippen LogP contribution in [0.25, 0.3) is 0 Å². The number of amides is 1. The number of nitrogens with zero attached hydrogens (tertiary/aromatic N) is 1. The number of rotatable bonds is 6. The van der Waals surface area contributed by atoms with Crippen LogP contribution >= 0.6 is 0 Å². The van der Waals surface area contributed by atoms with E-state index in [4.69, 9.17) is 9.47 Å². The molecule has 15 heavy (non-hydrogen) atoms. The van der Waals surface area contributed by atoms with Crippen molar-refractivity contribution in [3.05, 3.63) is 0 Å². The van der Waals surface area contributed by atoms with Crippen molar-refractivity contribution >= 4 is 6.09 Å². The van der Waals surface area contributed by atoms with Crippen LogP contribution in [0.2, 0.25) is 0 Å². The monoisotopic (exact) mass is 217 g/mol. The SMILES string of the molecule is CCCN(C(=O)OC(C)C)C(CC)OC. The molecule has 0 spiro atoms. The van der Waals surface area contributed by atoms with E-state index in [1.165, 1.54) is 0 Å². The van der Waals surface area contributed by atoms with Crippen LogP contribution in [0.3, 0.4) is 0 Å². The summed E-state index contributed by atoms with van der Waals surface area (Å²) in [5.41, 5.74) is 0. The number of methoxy groups -OCH3 is 1. The molecule has 90 valence electrons. The van der Waals surface area contributed by atoms with Crippen molar-refractivity contribution in [3.8, 4) is 0 Å². The van der Waals surface area contributed by atoms with Gasteiger partial charge in [0.1, 0.15) is 6.23 Å². The van der Waals surface area contributed by atoms with Crippen LogP contribution in [-0.2, 0) is 9.47 Å². The molecule has 1 unspecified atom stereocenters. The molecule has 0 saturated carbocycles. The highest BCUT2D eigenvalue weighted by atomic mass is 16.6. The van der Waals surface area contributed by atoms with Gasteiger partial charge < -0.3 is 9.47 Å². The zero-order valence-corrected chi connectivity index (χ0v) is 10.4. The average molecular weight is 217 g/mol. The van der Waals surface area contributed by atoms with Crippen molar-refractivity contribution in [1.29, 1.82) is 0 Å². The fourth-order valence-electron chi connectivity index (χ4n) is 1.38. The van der Waals surface area contributed by atoms with Gasteiger partial charge in [0.2, 0.25) is 0 Å². The third-order valence-corrected chi connectivity index (χ3v) is 2.00. The summed E-state index contributed by atoms with van der Waals surface area (Å²) in [4.78, 5) is 13.4. The number of carbonyl (C=O) groups excluding carboxylic acids is 1. The lowest BCUT2D eigenvalue weighted by Crippen LogP contribution is -2.42. The first-order valence-electron chi connectivity index (χ1n) is 5.56. The standard InChI is InChI=1S/C11H23NO3/c1-6-8-12(10(7-2)14-5)11(13)15-9(3)4/h9-10H,6-8H2,1-5H3. The second kappa shape index (κ2) is 7.51. The molecule has 0 radical (unpaired) electrons. The second-order valence-corrected chi connectivity index (χ2v) is 3.72. The molecule has 4 heteroatoms. The highest BCUT2D eigenvalue weighted by Gasteiger charge is 2.23. The Balaban J connectivity index is 4.41. The van der Waals surface area contributed by atoms with Crippen LogP contribution in [0.4, 0.5) is 4.79 Å². The summed E-state index contributed by atoms with van der Waals surface area (Å²) in [5.74, 6) is 0. The minimum absolute atomic E-state index is 0.0915. The lowest BCUT2D eigenvalue weighted by Gasteiger charge is -2.29. The van der Waals surface area contributed by atoms with Crippen molar-refractivity contribution in [2.75, 3.05) is 13.7 Å². The Bertz CT molecular complexity index is 179. The maximum Gasteiger partial charge on any atom is 0.412 e. The summed E-state index contributed by atoms with van der Waals surface area (Å²) in [6, 6.07) is 0. The highest BCUT2D eigenvalue weighted by Crippen LogP contribution is 2.09. The van der Waals surface area contributed by atoms with E-state index in [1.807, 2.05) is 27.7 Å². The Morgan fingerprint density at radius 2 is 1.93 bits per heavy atom. The fraction of sp³-hybridized carbons (Fsp3) is 0.909. The van der Waals surface area contributed by atoms with E-state index in [0.717, 1.165) is 12.8 Å². The molecule has 0 aliphatic heterocycles. The Labute approximate surface area is 92.5 Å². The van der Waals surface area contributed by atoms with E-state index in [1.54, 1.807) is 12.0 Å². The molecule has 0 bridgehead atoms.